The predicted molar refractivity (Wildman–Crippen MR) is 110 cm³/mol. The number of hydrogen-bond donors (Lipinski definition) is 1. The van der Waals surface area contributed by atoms with Crippen LogP contribution >= 0.6 is 0 Å². The first-order valence-electron chi connectivity index (χ1n) is 10.9. The quantitative estimate of drug-likeness (QED) is 0.824. The van der Waals surface area contributed by atoms with Gasteiger partial charge in [0.1, 0.15) is 11.9 Å². The zero-order chi connectivity index (χ0) is 20.4. The summed E-state index contributed by atoms with van der Waals surface area (Å²) in [5.74, 6) is 1.25. The van der Waals surface area contributed by atoms with Crippen LogP contribution in [-0.2, 0) is 9.53 Å². The lowest BCUT2D eigenvalue weighted by molar-refractivity contribution is -0.134. The molecule has 1 aromatic rings. The lowest BCUT2D eigenvalue weighted by Crippen LogP contribution is -2.45. The Morgan fingerprint density at radius 2 is 1.90 bits per heavy atom. The second kappa shape index (κ2) is 8.34. The molecule has 29 heavy (non-hydrogen) atoms. The molecule has 3 fully saturated rings. The molecule has 0 aromatic heterocycles. The maximum atomic E-state index is 12.7. The van der Waals surface area contributed by atoms with Gasteiger partial charge in [-0.1, -0.05) is 6.07 Å². The van der Waals surface area contributed by atoms with Gasteiger partial charge in [-0.15, -0.1) is 0 Å². The molecule has 2 saturated heterocycles. The predicted octanol–water partition coefficient (Wildman–Crippen LogP) is 3.15. The normalized spacial score (nSPS) is 24.8. The third-order valence-corrected chi connectivity index (χ3v) is 6.11. The molecule has 2 amide bonds. The highest BCUT2D eigenvalue weighted by Gasteiger charge is 2.35. The summed E-state index contributed by atoms with van der Waals surface area (Å²) in [5.41, 5.74) is 0.421. The third-order valence-electron chi connectivity index (χ3n) is 6.11. The van der Waals surface area contributed by atoms with Crippen LogP contribution in [0.4, 0.5) is 0 Å². The zero-order valence-corrected chi connectivity index (χ0v) is 17.5. The van der Waals surface area contributed by atoms with Crippen LogP contribution in [0, 0.1) is 5.92 Å². The van der Waals surface area contributed by atoms with E-state index >= 15 is 0 Å². The smallest absolute Gasteiger partial charge is 0.251 e. The molecule has 4 rings (SSSR count). The van der Waals surface area contributed by atoms with Crippen molar-refractivity contribution in [3.8, 4) is 5.75 Å². The zero-order valence-electron chi connectivity index (χ0n) is 17.5. The molecule has 158 valence electrons. The standard InChI is InChI=1S/C23H32N2O4/c1-23(2)15-18(10-13-28-23)24-21(26)17-4-3-5-20(14-17)29-19-8-11-25(12-9-19)22(27)16-6-7-16/h3-5,14,16,18-19H,6-13,15H2,1-2H3,(H,24,26)/t18-/m0/s1. The fraction of sp³-hybridized carbons (Fsp3) is 0.652. The van der Waals surface area contributed by atoms with E-state index in [0.717, 1.165) is 57.4 Å². The van der Waals surface area contributed by atoms with Crippen molar-refractivity contribution in [2.45, 2.75) is 70.1 Å². The molecule has 0 unspecified atom stereocenters. The molecule has 3 aliphatic rings. The summed E-state index contributed by atoms with van der Waals surface area (Å²) in [6.07, 6.45) is 5.52. The Bertz CT molecular complexity index is 751. The Balaban J connectivity index is 1.29. The minimum Gasteiger partial charge on any atom is -0.490 e. The van der Waals surface area contributed by atoms with E-state index in [1.807, 2.05) is 29.2 Å². The number of nitrogens with one attached hydrogen (secondary N) is 1. The topological polar surface area (TPSA) is 67.9 Å². The molecule has 0 bridgehead atoms. The summed E-state index contributed by atoms with van der Waals surface area (Å²) in [7, 11) is 0. The van der Waals surface area contributed by atoms with Crippen LogP contribution in [0.15, 0.2) is 24.3 Å². The average Bonchev–Trinajstić information content (AvgIpc) is 3.53. The highest BCUT2D eigenvalue weighted by molar-refractivity contribution is 5.94. The van der Waals surface area contributed by atoms with Gasteiger partial charge in [-0.05, 0) is 57.7 Å². The highest BCUT2D eigenvalue weighted by atomic mass is 16.5. The van der Waals surface area contributed by atoms with Crippen LogP contribution in [0.3, 0.4) is 0 Å². The number of carbonyl (C=O) groups excluding carboxylic acids is 2. The largest absolute Gasteiger partial charge is 0.490 e. The van der Waals surface area contributed by atoms with Crippen LogP contribution in [0.2, 0.25) is 0 Å². The van der Waals surface area contributed by atoms with Crippen molar-refractivity contribution in [2.24, 2.45) is 5.92 Å². The summed E-state index contributed by atoms with van der Waals surface area (Å²) in [6, 6.07) is 7.54. The van der Waals surface area contributed by atoms with Crippen molar-refractivity contribution >= 4 is 11.8 Å². The molecule has 1 N–H and O–H groups in total. The Hall–Kier alpha value is -2.08. The highest BCUT2D eigenvalue weighted by Crippen LogP contribution is 2.32. The summed E-state index contributed by atoms with van der Waals surface area (Å²) in [6.45, 7) is 6.31. The molecule has 1 saturated carbocycles. The van der Waals surface area contributed by atoms with Crippen LogP contribution in [0.1, 0.15) is 62.7 Å². The number of piperidine rings is 1. The molecule has 0 spiro atoms. The number of benzene rings is 1. The number of nitrogens with zero attached hydrogens (tertiary/aromatic N) is 1. The van der Waals surface area contributed by atoms with Gasteiger partial charge in [0.15, 0.2) is 0 Å². The minimum absolute atomic E-state index is 0.0667. The molecule has 1 aliphatic carbocycles. The van der Waals surface area contributed by atoms with E-state index in [1.165, 1.54) is 0 Å². The van der Waals surface area contributed by atoms with Crippen LogP contribution < -0.4 is 10.1 Å². The Morgan fingerprint density at radius 3 is 2.59 bits per heavy atom. The van der Waals surface area contributed by atoms with Gasteiger partial charge in [-0.3, -0.25) is 9.59 Å². The summed E-state index contributed by atoms with van der Waals surface area (Å²) in [5, 5.41) is 3.14. The number of carbonyl (C=O) groups is 2. The molecular weight excluding hydrogens is 368 g/mol. The lowest BCUT2D eigenvalue weighted by Gasteiger charge is -2.35. The van der Waals surface area contributed by atoms with Gasteiger partial charge in [0.2, 0.25) is 5.91 Å². The molecule has 6 nitrogen and oxygen atoms in total. The number of rotatable bonds is 5. The summed E-state index contributed by atoms with van der Waals surface area (Å²) in [4.78, 5) is 26.9. The van der Waals surface area contributed by atoms with Crippen molar-refractivity contribution in [1.82, 2.24) is 10.2 Å². The monoisotopic (exact) mass is 400 g/mol. The first-order valence-corrected chi connectivity index (χ1v) is 10.9. The number of likely N-dealkylation sites (tertiary alicyclic amines) is 1. The minimum atomic E-state index is -0.198. The van der Waals surface area contributed by atoms with Gasteiger partial charge in [-0.2, -0.15) is 0 Å². The van der Waals surface area contributed by atoms with E-state index in [2.05, 4.69) is 19.2 Å². The SMILES string of the molecule is CC1(C)C[C@@H](NC(=O)c2cccc(OC3CCN(C(=O)C4CC4)CC3)c2)CCO1. The summed E-state index contributed by atoms with van der Waals surface area (Å²) < 4.78 is 11.9. The fourth-order valence-electron chi connectivity index (χ4n) is 4.31. The van der Waals surface area contributed by atoms with Gasteiger partial charge in [-0.25, -0.2) is 0 Å². The van der Waals surface area contributed by atoms with Crippen molar-refractivity contribution in [1.29, 1.82) is 0 Å². The van der Waals surface area contributed by atoms with Gasteiger partial charge >= 0.3 is 0 Å². The van der Waals surface area contributed by atoms with Crippen LogP contribution in [0.5, 0.6) is 5.75 Å². The van der Waals surface area contributed by atoms with Crippen molar-refractivity contribution < 1.29 is 19.1 Å². The van der Waals surface area contributed by atoms with Gasteiger partial charge in [0.25, 0.3) is 5.91 Å². The van der Waals surface area contributed by atoms with Crippen molar-refractivity contribution in [3.05, 3.63) is 29.8 Å². The third kappa shape index (κ3) is 5.30. The van der Waals surface area contributed by atoms with E-state index in [-0.39, 0.29) is 29.6 Å². The maximum Gasteiger partial charge on any atom is 0.251 e. The van der Waals surface area contributed by atoms with E-state index in [9.17, 15) is 9.59 Å². The summed E-state index contributed by atoms with van der Waals surface area (Å²) >= 11 is 0. The second-order valence-corrected chi connectivity index (χ2v) is 9.22. The average molecular weight is 401 g/mol. The van der Waals surface area contributed by atoms with E-state index in [1.54, 1.807) is 0 Å². The fourth-order valence-corrected chi connectivity index (χ4v) is 4.31. The van der Waals surface area contributed by atoms with Gasteiger partial charge < -0.3 is 19.7 Å². The van der Waals surface area contributed by atoms with Crippen LogP contribution in [0.25, 0.3) is 0 Å². The molecule has 2 aliphatic heterocycles. The van der Waals surface area contributed by atoms with Crippen molar-refractivity contribution in [2.75, 3.05) is 19.7 Å². The second-order valence-electron chi connectivity index (χ2n) is 9.22. The Morgan fingerprint density at radius 1 is 1.14 bits per heavy atom. The van der Waals surface area contributed by atoms with Crippen molar-refractivity contribution in [3.63, 3.8) is 0 Å². The van der Waals surface area contributed by atoms with Gasteiger partial charge in [0, 0.05) is 50.1 Å². The number of ether oxygens (including phenoxy) is 2. The molecular formula is C23H32N2O4. The van der Waals surface area contributed by atoms with Crippen LogP contribution in [-0.4, -0.2) is 54.2 Å². The first-order chi connectivity index (χ1) is 13.9. The molecule has 1 aromatic carbocycles. The van der Waals surface area contributed by atoms with E-state index in [4.69, 9.17) is 9.47 Å². The van der Waals surface area contributed by atoms with E-state index in [0.29, 0.717) is 18.1 Å². The molecule has 1 atom stereocenters. The Kier molecular flexibility index (Phi) is 5.81. The Labute approximate surface area is 172 Å². The molecule has 6 heteroatoms. The first kappa shape index (κ1) is 20.2. The molecule has 0 radical (unpaired) electrons. The maximum absolute atomic E-state index is 12.7. The lowest BCUT2D eigenvalue weighted by atomic mass is 9.94. The number of hydrogen-bond acceptors (Lipinski definition) is 4. The van der Waals surface area contributed by atoms with Gasteiger partial charge in [0.05, 0.1) is 5.60 Å². The van der Waals surface area contributed by atoms with E-state index < -0.39 is 0 Å². The molecule has 2 heterocycles. The number of amides is 2.